The second kappa shape index (κ2) is 9.48. The minimum Gasteiger partial charge on any atom is -0.496 e. The quantitative estimate of drug-likeness (QED) is 0.384. The maximum atomic E-state index is 12.3. The normalized spacial score (nSPS) is 9.96. The second-order valence-electron chi connectivity index (χ2n) is 5.06. The van der Waals surface area contributed by atoms with Crippen LogP contribution in [0.2, 0.25) is 0 Å². The number of halogens is 1. The topological polar surface area (TPSA) is 76.7 Å². The van der Waals surface area contributed by atoms with Crippen LogP contribution in [0.5, 0.6) is 5.75 Å². The van der Waals surface area contributed by atoms with Gasteiger partial charge in [0.05, 0.1) is 22.9 Å². The Morgan fingerprint density at radius 1 is 1.12 bits per heavy atom. The van der Waals surface area contributed by atoms with Gasteiger partial charge in [-0.05, 0) is 84.2 Å². The smallest absolute Gasteiger partial charge is 0.338 e. The van der Waals surface area contributed by atoms with E-state index < -0.39 is 0 Å². The number of esters is 1. The minimum atomic E-state index is -0.385. The number of ether oxygens (including phenoxy) is 2. The van der Waals surface area contributed by atoms with E-state index >= 15 is 0 Å². The van der Waals surface area contributed by atoms with Crippen LogP contribution in [-0.2, 0) is 4.74 Å². The van der Waals surface area contributed by atoms with Crippen molar-refractivity contribution in [2.45, 2.75) is 6.92 Å². The molecule has 0 fully saturated rings. The second-order valence-corrected chi connectivity index (χ2v) is 6.63. The number of rotatable bonds is 5. The maximum absolute atomic E-state index is 12.3. The number of benzene rings is 2. The van der Waals surface area contributed by atoms with Gasteiger partial charge >= 0.3 is 5.97 Å². The first-order valence-corrected chi connectivity index (χ1v) is 9.16. The Morgan fingerprint density at radius 3 is 2.35 bits per heavy atom. The van der Waals surface area contributed by atoms with Crippen molar-refractivity contribution in [1.29, 1.82) is 0 Å². The molecule has 2 aromatic rings. The number of nitrogens with one attached hydrogen (secondary N) is 2. The molecule has 0 radical (unpaired) electrons. The number of hydrogen-bond donors (Lipinski definition) is 2. The average Bonchev–Trinajstić information content (AvgIpc) is 2.62. The highest BCUT2D eigenvalue weighted by Crippen LogP contribution is 2.21. The van der Waals surface area contributed by atoms with Crippen LogP contribution in [-0.4, -0.2) is 30.7 Å². The largest absolute Gasteiger partial charge is 0.496 e. The number of amides is 1. The van der Waals surface area contributed by atoms with Gasteiger partial charge in [-0.25, -0.2) is 4.79 Å². The Balaban J connectivity index is 1.96. The fourth-order valence-corrected chi connectivity index (χ4v) is 3.00. The summed E-state index contributed by atoms with van der Waals surface area (Å²) >= 11 is 7.25. The molecule has 0 aliphatic carbocycles. The first-order valence-electron chi connectivity index (χ1n) is 7.67. The van der Waals surface area contributed by atoms with Crippen molar-refractivity contribution in [3.05, 3.63) is 57.2 Å². The molecule has 0 aromatic heterocycles. The number of thiocarbonyl (C=S) groups is 1. The molecule has 0 unspecified atom stereocenters. The highest BCUT2D eigenvalue weighted by atomic mass is 127. The monoisotopic (exact) mass is 484 g/mol. The third kappa shape index (κ3) is 5.40. The van der Waals surface area contributed by atoms with E-state index in [-0.39, 0.29) is 17.0 Å². The molecular weight excluding hydrogens is 467 g/mol. The number of methoxy groups -OCH3 is 1. The summed E-state index contributed by atoms with van der Waals surface area (Å²) < 4.78 is 10.9. The molecule has 2 rings (SSSR count). The Hall–Kier alpha value is -2.20. The highest BCUT2D eigenvalue weighted by Gasteiger charge is 2.11. The van der Waals surface area contributed by atoms with Gasteiger partial charge in [-0.15, -0.1) is 0 Å². The first-order chi connectivity index (χ1) is 12.4. The van der Waals surface area contributed by atoms with Crippen LogP contribution in [0.25, 0.3) is 0 Å². The van der Waals surface area contributed by atoms with Gasteiger partial charge in [0.2, 0.25) is 0 Å². The molecule has 0 spiro atoms. The van der Waals surface area contributed by atoms with Gasteiger partial charge in [0, 0.05) is 11.3 Å². The zero-order valence-corrected chi connectivity index (χ0v) is 17.1. The van der Waals surface area contributed by atoms with Crippen molar-refractivity contribution in [3.8, 4) is 5.75 Å². The fourth-order valence-electron chi connectivity index (χ4n) is 2.05. The van der Waals surface area contributed by atoms with Gasteiger partial charge in [-0.3, -0.25) is 10.1 Å². The van der Waals surface area contributed by atoms with Gasteiger partial charge in [-0.1, -0.05) is 0 Å². The molecule has 2 N–H and O–H groups in total. The lowest BCUT2D eigenvalue weighted by Gasteiger charge is -2.11. The molecule has 0 saturated heterocycles. The van der Waals surface area contributed by atoms with Crippen LogP contribution in [0.4, 0.5) is 5.69 Å². The summed E-state index contributed by atoms with van der Waals surface area (Å²) in [5.41, 5.74) is 1.56. The van der Waals surface area contributed by atoms with Crippen molar-refractivity contribution in [2.24, 2.45) is 0 Å². The van der Waals surface area contributed by atoms with Crippen molar-refractivity contribution in [2.75, 3.05) is 19.0 Å². The van der Waals surface area contributed by atoms with Gasteiger partial charge < -0.3 is 14.8 Å². The molecule has 136 valence electrons. The molecule has 0 aliphatic heterocycles. The van der Waals surface area contributed by atoms with Crippen LogP contribution in [0, 0.1) is 3.57 Å². The predicted molar refractivity (Wildman–Crippen MR) is 112 cm³/mol. The molecule has 6 nitrogen and oxygen atoms in total. The molecule has 0 heterocycles. The zero-order chi connectivity index (χ0) is 19.1. The molecule has 0 saturated carbocycles. The molecule has 26 heavy (non-hydrogen) atoms. The zero-order valence-electron chi connectivity index (χ0n) is 14.2. The van der Waals surface area contributed by atoms with E-state index in [4.69, 9.17) is 21.7 Å². The third-order valence-electron chi connectivity index (χ3n) is 3.29. The Morgan fingerprint density at radius 2 is 1.77 bits per heavy atom. The number of anilines is 1. The SMILES string of the molecule is CCOC(=O)c1ccc(NC(=S)NC(=O)c2ccc(OC)c(I)c2)cc1. The van der Waals surface area contributed by atoms with Gasteiger partial charge in [-0.2, -0.15) is 0 Å². The summed E-state index contributed by atoms with van der Waals surface area (Å²) in [5.74, 6) is -0.0141. The Labute approximate surface area is 170 Å². The summed E-state index contributed by atoms with van der Waals surface area (Å²) in [7, 11) is 1.57. The number of carbonyl (C=O) groups is 2. The van der Waals surface area contributed by atoms with Gasteiger partial charge in [0.15, 0.2) is 5.11 Å². The van der Waals surface area contributed by atoms with E-state index in [1.165, 1.54) is 0 Å². The van der Waals surface area contributed by atoms with E-state index in [9.17, 15) is 9.59 Å². The van der Waals surface area contributed by atoms with E-state index in [1.54, 1.807) is 56.5 Å². The maximum Gasteiger partial charge on any atom is 0.338 e. The Bertz CT molecular complexity index is 824. The van der Waals surface area contributed by atoms with Gasteiger partial charge in [0.25, 0.3) is 5.91 Å². The standard InChI is InChI=1S/C18H17IN2O4S/c1-3-25-17(23)11-4-7-13(8-5-11)20-18(26)21-16(22)12-6-9-15(24-2)14(19)10-12/h4-10H,3H2,1-2H3,(H2,20,21,22,26). The Kier molecular flexibility index (Phi) is 7.34. The van der Waals surface area contributed by atoms with Crippen LogP contribution >= 0.6 is 34.8 Å². The number of carbonyl (C=O) groups excluding carboxylic acids is 2. The van der Waals surface area contributed by atoms with Crippen LogP contribution in [0.15, 0.2) is 42.5 Å². The molecule has 2 aromatic carbocycles. The van der Waals surface area contributed by atoms with Gasteiger partial charge in [0.1, 0.15) is 5.75 Å². The first kappa shape index (κ1) is 20.1. The summed E-state index contributed by atoms with van der Waals surface area (Å²) in [4.78, 5) is 23.9. The summed E-state index contributed by atoms with van der Waals surface area (Å²) in [6.07, 6.45) is 0. The molecule has 0 bridgehead atoms. The lowest BCUT2D eigenvalue weighted by atomic mass is 10.2. The van der Waals surface area contributed by atoms with Crippen LogP contribution in [0.3, 0.4) is 0 Å². The van der Waals surface area contributed by atoms with Crippen molar-refractivity contribution < 1.29 is 19.1 Å². The summed E-state index contributed by atoms with van der Waals surface area (Å²) in [6, 6.07) is 11.7. The number of hydrogen-bond acceptors (Lipinski definition) is 5. The van der Waals surface area contributed by atoms with E-state index in [0.717, 1.165) is 3.57 Å². The van der Waals surface area contributed by atoms with E-state index in [2.05, 4.69) is 33.2 Å². The minimum absolute atomic E-state index is 0.157. The fraction of sp³-hybridized carbons (Fsp3) is 0.167. The third-order valence-corrected chi connectivity index (χ3v) is 4.34. The molecule has 1 amide bonds. The van der Waals surface area contributed by atoms with Crippen molar-refractivity contribution in [3.63, 3.8) is 0 Å². The summed E-state index contributed by atoms with van der Waals surface area (Å²) in [5, 5.41) is 5.67. The lowest BCUT2D eigenvalue weighted by Crippen LogP contribution is -2.34. The van der Waals surface area contributed by atoms with E-state index in [0.29, 0.717) is 29.2 Å². The summed E-state index contributed by atoms with van der Waals surface area (Å²) in [6.45, 7) is 2.07. The average molecular weight is 484 g/mol. The van der Waals surface area contributed by atoms with Crippen molar-refractivity contribution >= 4 is 57.5 Å². The van der Waals surface area contributed by atoms with Crippen LogP contribution < -0.4 is 15.4 Å². The van der Waals surface area contributed by atoms with Crippen LogP contribution in [0.1, 0.15) is 27.6 Å². The predicted octanol–water partition coefficient (Wildman–Crippen LogP) is 3.60. The molecule has 8 heteroatoms. The van der Waals surface area contributed by atoms with Crippen molar-refractivity contribution in [1.82, 2.24) is 5.32 Å². The van der Waals surface area contributed by atoms with E-state index in [1.807, 2.05) is 0 Å². The molecule has 0 aliphatic rings. The highest BCUT2D eigenvalue weighted by molar-refractivity contribution is 14.1. The lowest BCUT2D eigenvalue weighted by molar-refractivity contribution is 0.0526. The molecule has 0 atom stereocenters. The molecular formula is C18H17IN2O4S.